The summed E-state index contributed by atoms with van der Waals surface area (Å²) in [5, 5.41) is 4.05. The number of hydrogen-bond acceptors (Lipinski definition) is 1. The molecule has 4 heteroatoms. The number of fused-ring (bicyclic) bond motifs is 1. The molecule has 16 heavy (non-hydrogen) atoms. The molecule has 1 amide bonds. The van der Waals surface area contributed by atoms with E-state index in [1.54, 1.807) is 0 Å². The summed E-state index contributed by atoms with van der Waals surface area (Å²) in [4.78, 5) is 14.2. The van der Waals surface area contributed by atoms with Crippen LogP contribution in [0.25, 0.3) is 10.9 Å². The molecule has 0 bridgehead atoms. The summed E-state index contributed by atoms with van der Waals surface area (Å²) in [6, 6.07) is 8.17. The van der Waals surface area contributed by atoms with Crippen LogP contribution in [-0.2, 0) is 11.2 Å². The van der Waals surface area contributed by atoms with Crippen LogP contribution in [0.5, 0.6) is 0 Å². The van der Waals surface area contributed by atoms with Crippen molar-refractivity contribution in [1.29, 1.82) is 0 Å². The maximum absolute atomic E-state index is 11.0. The highest BCUT2D eigenvalue weighted by Crippen LogP contribution is 2.17. The van der Waals surface area contributed by atoms with Crippen molar-refractivity contribution in [2.45, 2.75) is 6.42 Å². The third kappa shape index (κ3) is 2.23. The predicted molar refractivity (Wildman–Crippen MR) is 62.8 cm³/mol. The van der Waals surface area contributed by atoms with Crippen LogP contribution in [-0.4, -0.2) is 24.0 Å². The number of rotatable bonds is 4. The molecule has 0 aliphatic carbocycles. The fourth-order valence-electron chi connectivity index (χ4n) is 1.76. The molecule has 1 aromatic carbocycles. The Hall–Kier alpha value is -1.81. The maximum atomic E-state index is 11.0. The van der Waals surface area contributed by atoms with Crippen molar-refractivity contribution in [2.75, 3.05) is 13.1 Å². The van der Waals surface area contributed by atoms with Gasteiger partial charge in [0.25, 0.3) is 5.91 Å². The monoisotopic (exact) mass is 218 g/mol. The molecule has 0 aliphatic heterocycles. The van der Waals surface area contributed by atoms with Crippen molar-refractivity contribution in [1.82, 2.24) is 10.3 Å². The zero-order valence-corrected chi connectivity index (χ0v) is 9.12. The third-order valence-corrected chi connectivity index (χ3v) is 2.62. The molecule has 0 saturated carbocycles. The highest BCUT2D eigenvalue weighted by atomic mass is 16.1. The van der Waals surface area contributed by atoms with Gasteiger partial charge >= 0.3 is 0 Å². The number of benzene rings is 1. The highest BCUT2D eigenvalue weighted by molar-refractivity contribution is 5.83. The topological polar surface area (TPSA) is 72.5 Å². The van der Waals surface area contributed by atoms with Gasteiger partial charge in [0.05, 0.1) is 0 Å². The van der Waals surface area contributed by atoms with E-state index in [4.69, 9.17) is 0 Å². The van der Waals surface area contributed by atoms with Crippen molar-refractivity contribution in [3.05, 3.63) is 36.0 Å². The second kappa shape index (κ2) is 4.81. The lowest BCUT2D eigenvalue weighted by Crippen LogP contribution is -2.57. The molecule has 0 radical (unpaired) electrons. The van der Waals surface area contributed by atoms with Crippen molar-refractivity contribution >= 4 is 16.8 Å². The van der Waals surface area contributed by atoms with Gasteiger partial charge < -0.3 is 16.0 Å². The summed E-state index contributed by atoms with van der Waals surface area (Å²) in [5.74, 6) is -0.000147. The molecule has 0 spiro atoms. The van der Waals surface area contributed by atoms with Crippen LogP contribution < -0.4 is 11.1 Å². The molecule has 5 N–H and O–H groups in total. The number of hydrogen-bond donors (Lipinski definition) is 3. The number of aromatic nitrogens is 1. The van der Waals surface area contributed by atoms with Gasteiger partial charge in [0.1, 0.15) is 0 Å². The fourth-order valence-corrected chi connectivity index (χ4v) is 1.76. The van der Waals surface area contributed by atoms with E-state index >= 15 is 0 Å². The Morgan fingerprint density at radius 1 is 1.38 bits per heavy atom. The minimum atomic E-state index is -0.000147. The van der Waals surface area contributed by atoms with Gasteiger partial charge in [-0.3, -0.25) is 4.79 Å². The average molecular weight is 218 g/mol. The van der Waals surface area contributed by atoms with Gasteiger partial charge in [-0.1, -0.05) is 18.2 Å². The van der Waals surface area contributed by atoms with Gasteiger partial charge in [-0.25, -0.2) is 0 Å². The molecule has 2 aromatic rings. The predicted octanol–water partition coefficient (Wildman–Crippen LogP) is 0.0685. The first-order valence-corrected chi connectivity index (χ1v) is 5.42. The summed E-state index contributed by atoms with van der Waals surface area (Å²) in [6.07, 6.45) is 2.84. The van der Waals surface area contributed by atoms with E-state index in [0.717, 1.165) is 11.9 Å². The molecule has 0 fully saturated rings. The van der Waals surface area contributed by atoms with Crippen molar-refractivity contribution in [2.24, 2.45) is 0 Å². The molecule has 0 aliphatic rings. The Morgan fingerprint density at radius 2 is 2.19 bits per heavy atom. The minimum absolute atomic E-state index is 0.000147. The summed E-state index contributed by atoms with van der Waals surface area (Å²) < 4.78 is 0. The van der Waals surface area contributed by atoms with Crippen LogP contribution in [0.4, 0.5) is 0 Å². The molecule has 1 heterocycles. The molecule has 0 unspecified atom stereocenters. The maximum Gasteiger partial charge on any atom is 0.275 e. The first-order valence-electron chi connectivity index (χ1n) is 5.42. The van der Waals surface area contributed by atoms with E-state index in [1.807, 2.05) is 24.4 Å². The van der Waals surface area contributed by atoms with Crippen molar-refractivity contribution in [3.8, 4) is 0 Å². The summed E-state index contributed by atoms with van der Waals surface area (Å²) in [6.45, 7) is 0.962. The minimum Gasteiger partial charge on any atom is -0.361 e. The number of aromatic amines is 1. The fraction of sp³-hybridized carbons (Fsp3) is 0.250. The lowest BCUT2D eigenvalue weighted by atomic mass is 10.1. The Kier molecular flexibility index (Phi) is 3.22. The van der Waals surface area contributed by atoms with E-state index < -0.39 is 0 Å². The first-order chi connectivity index (χ1) is 7.81. The smallest absolute Gasteiger partial charge is 0.275 e. The lowest BCUT2D eigenvalue weighted by Gasteiger charge is -2.01. The quantitative estimate of drug-likeness (QED) is 0.667. The SMILES string of the molecule is [NH3+]CC(=O)NCCc1c[nH]c2ccccc12. The lowest BCUT2D eigenvalue weighted by molar-refractivity contribution is -0.355. The van der Waals surface area contributed by atoms with Crippen LogP contribution in [0, 0.1) is 0 Å². The van der Waals surface area contributed by atoms with Crippen LogP contribution >= 0.6 is 0 Å². The zero-order chi connectivity index (χ0) is 11.4. The van der Waals surface area contributed by atoms with Gasteiger partial charge in [0.15, 0.2) is 6.54 Å². The van der Waals surface area contributed by atoms with Crippen LogP contribution in [0.15, 0.2) is 30.5 Å². The Morgan fingerprint density at radius 3 is 3.00 bits per heavy atom. The van der Waals surface area contributed by atoms with Gasteiger partial charge in [-0.15, -0.1) is 0 Å². The average Bonchev–Trinajstić information content (AvgIpc) is 2.73. The second-order valence-electron chi connectivity index (χ2n) is 3.71. The van der Waals surface area contributed by atoms with Gasteiger partial charge in [-0.05, 0) is 18.1 Å². The van der Waals surface area contributed by atoms with E-state index in [9.17, 15) is 4.79 Å². The summed E-state index contributed by atoms with van der Waals surface area (Å²) in [7, 11) is 0. The molecule has 0 atom stereocenters. The van der Waals surface area contributed by atoms with Crippen molar-refractivity contribution < 1.29 is 10.5 Å². The number of H-pyrrole nitrogens is 1. The summed E-state index contributed by atoms with van der Waals surface area (Å²) >= 11 is 0. The van der Waals surface area contributed by atoms with Gasteiger partial charge in [0, 0.05) is 23.6 Å². The van der Waals surface area contributed by atoms with Crippen molar-refractivity contribution in [3.63, 3.8) is 0 Å². The summed E-state index contributed by atoms with van der Waals surface area (Å²) in [5.41, 5.74) is 5.91. The second-order valence-corrected chi connectivity index (χ2v) is 3.71. The number of carbonyl (C=O) groups is 1. The van der Waals surface area contributed by atoms with Crippen LogP contribution in [0.2, 0.25) is 0 Å². The van der Waals surface area contributed by atoms with E-state index in [-0.39, 0.29) is 5.91 Å². The molecule has 2 rings (SSSR count). The largest absolute Gasteiger partial charge is 0.361 e. The third-order valence-electron chi connectivity index (χ3n) is 2.62. The first kappa shape index (κ1) is 10.7. The number of quaternary nitrogens is 1. The van der Waals surface area contributed by atoms with E-state index in [2.05, 4.69) is 22.1 Å². The van der Waals surface area contributed by atoms with Gasteiger partial charge in [-0.2, -0.15) is 0 Å². The molecule has 0 saturated heterocycles. The molecule has 84 valence electrons. The van der Waals surface area contributed by atoms with E-state index in [1.165, 1.54) is 10.9 Å². The Labute approximate surface area is 93.8 Å². The van der Waals surface area contributed by atoms with E-state index in [0.29, 0.717) is 13.1 Å². The standard InChI is InChI=1S/C12H15N3O/c13-7-12(16)14-6-5-9-8-15-11-4-2-1-3-10(9)11/h1-4,8,15H,5-7,13H2,(H,14,16)/p+1. The molecular weight excluding hydrogens is 202 g/mol. The molecule has 4 nitrogen and oxygen atoms in total. The van der Waals surface area contributed by atoms with Gasteiger partial charge in [0.2, 0.25) is 0 Å². The Balaban J connectivity index is 2.02. The normalized spacial score (nSPS) is 10.6. The Bertz CT molecular complexity index is 490. The number of nitrogens with one attached hydrogen (secondary N) is 2. The molecule has 1 aromatic heterocycles. The number of carbonyl (C=O) groups excluding carboxylic acids is 1. The zero-order valence-electron chi connectivity index (χ0n) is 9.12. The number of para-hydroxylation sites is 1. The van der Waals surface area contributed by atoms with Crippen LogP contribution in [0.1, 0.15) is 5.56 Å². The van der Waals surface area contributed by atoms with Crippen LogP contribution in [0.3, 0.4) is 0 Å². The number of amides is 1. The molecular formula is C12H16N3O+. The highest BCUT2D eigenvalue weighted by Gasteiger charge is 2.03.